The van der Waals surface area contributed by atoms with Crippen LogP contribution in [-0.2, 0) is 29.2 Å². The van der Waals surface area contributed by atoms with Gasteiger partial charge in [-0.15, -0.1) is 16.4 Å². The lowest BCUT2D eigenvalue weighted by Crippen LogP contribution is -2.33. The summed E-state index contributed by atoms with van der Waals surface area (Å²) in [7, 11) is 0. The largest absolute Gasteiger partial charge is 0.486 e. The summed E-state index contributed by atoms with van der Waals surface area (Å²) < 4.78 is 18.0. The van der Waals surface area contributed by atoms with Crippen molar-refractivity contribution in [3.63, 3.8) is 0 Å². The number of aromatic nitrogens is 5. The van der Waals surface area contributed by atoms with E-state index in [-0.39, 0.29) is 24.8 Å². The van der Waals surface area contributed by atoms with Crippen LogP contribution < -0.4 is 15.0 Å². The van der Waals surface area contributed by atoms with E-state index < -0.39 is 5.97 Å². The summed E-state index contributed by atoms with van der Waals surface area (Å²) in [5.74, 6) is 1.46. The molecule has 200 valence electrons. The van der Waals surface area contributed by atoms with Crippen LogP contribution >= 0.6 is 11.3 Å². The Hall–Kier alpha value is -3.77. The molecule has 0 amide bonds. The molecule has 0 saturated heterocycles. The molecular weight excluding hydrogens is 508 g/mol. The number of hydrogen-bond acceptors (Lipinski definition) is 10. The lowest BCUT2D eigenvalue weighted by molar-refractivity contribution is -0.144. The Bertz CT molecular complexity index is 1450. The van der Waals surface area contributed by atoms with Gasteiger partial charge in [0.05, 0.1) is 18.2 Å². The number of nitrogens with zero attached hydrogens (tertiary/aromatic N) is 5. The van der Waals surface area contributed by atoms with E-state index in [4.69, 9.17) is 14.2 Å². The van der Waals surface area contributed by atoms with Crippen LogP contribution in [0.2, 0.25) is 0 Å². The van der Waals surface area contributed by atoms with Gasteiger partial charge in [0.25, 0.3) is 5.56 Å². The van der Waals surface area contributed by atoms with Gasteiger partial charge in [-0.05, 0) is 47.4 Å². The summed E-state index contributed by atoms with van der Waals surface area (Å²) in [4.78, 5) is 31.8. The van der Waals surface area contributed by atoms with Gasteiger partial charge < -0.3 is 19.2 Å². The van der Waals surface area contributed by atoms with Crippen molar-refractivity contribution in [1.82, 2.24) is 30.1 Å². The lowest BCUT2D eigenvalue weighted by atomic mass is 10.1. The second-order valence-corrected chi connectivity index (χ2v) is 10.0. The van der Waals surface area contributed by atoms with Gasteiger partial charge >= 0.3 is 5.97 Å². The van der Waals surface area contributed by atoms with Crippen LogP contribution in [0, 0.1) is 0 Å². The van der Waals surface area contributed by atoms with Crippen LogP contribution in [0.1, 0.15) is 49.0 Å². The molecule has 0 radical (unpaired) electrons. The van der Waals surface area contributed by atoms with E-state index in [0.29, 0.717) is 54.7 Å². The molecule has 0 bridgehead atoms. The molecule has 0 aliphatic carbocycles. The first-order valence-electron chi connectivity index (χ1n) is 12.7. The van der Waals surface area contributed by atoms with Crippen LogP contribution in [0.5, 0.6) is 11.5 Å². The van der Waals surface area contributed by atoms with Crippen LogP contribution in [0.25, 0.3) is 10.9 Å². The molecule has 5 rings (SSSR count). The molecule has 0 spiro atoms. The first-order valence-corrected chi connectivity index (χ1v) is 13.6. The maximum atomic E-state index is 13.2. The molecule has 4 aromatic rings. The molecule has 4 heterocycles. The molecule has 1 N–H and O–H groups in total. The maximum absolute atomic E-state index is 13.2. The summed E-state index contributed by atoms with van der Waals surface area (Å²) in [6.45, 7) is 5.97. The number of carbonyl (C=O) groups excluding carboxylic acids is 1. The van der Waals surface area contributed by atoms with Crippen LogP contribution in [0.4, 0.5) is 0 Å². The third-order valence-electron chi connectivity index (χ3n) is 6.34. The molecule has 11 nitrogen and oxygen atoms in total. The molecule has 12 heteroatoms. The highest BCUT2D eigenvalue weighted by molar-refractivity contribution is 7.09. The summed E-state index contributed by atoms with van der Waals surface area (Å²) in [5, 5.41) is 15.1. The van der Waals surface area contributed by atoms with Gasteiger partial charge in [-0.25, -0.2) is 4.68 Å². The van der Waals surface area contributed by atoms with Gasteiger partial charge in [0.2, 0.25) is 0 Å². The number of fused-ring (bicyclic) bond motifs is 2. The predicted molar refractivity (Wildman–Crippen MR) is 141 cm³/mol. The molecule has 0 unspecified atom stereocenters. The Balaban J connectivity index is 1.51. The minimum Gasteiger partial charge on any atom is -0.486 e. The summed E-state index contributed by atoms with van der Waals surface area (Å²) in [6.07, 6.45) is 1.59. The molecule has 1 atom stereocenters. The first kappa shape index (κ1) is 25.9. The molecule has 3 aromatic heterocycles. The van der Waals surface area contributed by atoms with Gasteiger partial charge in [0.1, 0.15) is 19.8 Å². The van der Waals surface area contributed by atoms with E-state index >= 15 is 0 Å². The first-order chi connectivity index (χ1) is 18.6. The second-order valence-electron chi connectivity index (χ2n) is 9.00. The Labute approximate surface area is 223 Å². The number of ether oxygens (including phenoxy) is 3. The fourth-order valence-corrected chi connectivity index (χ4v) is 5.37. The highest BCUT2D eigenvalue weighted by Gasteiger charge is 2.28. The van der Waals surface area contributed by atoms with Crippen LogP contribution in [-0.4, -0.2) is 55.9 Å². The Morgan fingerprint density at radius 2 is 2.03 bits per heavy atom. The van der Waals surface area contributed by atoms with Gasteiger partial charge in [-0.3, -0.25) is 14.5 Å². The van der Waals surface area contributed by atoms with E-state index in [1.54, 1.807) is 18.3 Å². The van der Waals surface area contributed by atoms with Crippen LogP contribution in [0.15, 0.2) is 40.5 Å². The zero-order valence-electron chi connectivity index (χ0n) is 21.4. The number of nitrogens with one attached hydrogen (secondary N) is 1. The second kappa shape index (κ2) is 11.7. The minimum absolute atomic E-state index is 0.0764. The smallest absolute Gasteiger partial charge is 0.327 e. The number of tetrazole rings is 1. The number of benzene rings is 1. The summed E-state index contributed by atoms with van der Waals surface area (Å²) in [6, 6.07) is 9.45. The fourth-order valence-electron chi connectivity index (χ4n) is 4.64. The molecular formula is C26H30N6O5S. The van der Waals surface area contributed by atoms with Crippen LogP contribution in [0.3, 0.4) is 0 Å². The highest BCUT2D eigenvalue weighted by atomic mass is 32.1. The lowest BCUT2D eigenvalue weighted by Gasteiger charge is -2.30. The van der Waals surface area contributed by atoms with Crippen molar-refractivity contribution in [2.24, 2.45) is 0 Å². The maximum Gasteiger partial charge on any atom is 0.327 e. The van der Waals surface area contributed by atoms with E-state index in [2.05, 4.69) is 38.4 Å². The molecule has 1 aromatic carbocycles. The topological polar surface area (TPSA) is 124 Å². The third kappa shape index (κ3) is 5.70. The van der Waals surface area contributed by atoms with E-state index in [1.165, 1.54) is 4.68 Å². The number of hydrogen-bond donors (Lipinski definition) is 1. The SMILES string of the molecule is CCC[C@@H](c1nnnn1CC(=O)OCC)N(Cc1cccs1)Cc1cc2cc3c(cc2[nH]c1=O)OCCO3. The average molecular weight is 539 g/mol. The number of H-pyrrole nitrogens is 1. The van der Waals surface area contributed by atoms with Gasteiger partial charge in [0, 0.05) is 35.0 Å². The monoisotopic (exact) mass is 538 g/mol. The molecule has 38 heavy (non-hydrogen) atoms. The van der Waals surface area contributed by atoms with Gasteiger partial charge in [0.15, 0.2) is 17.3 Å². The van der Waals surface area contributed by atoms with Gasteiger partial charge in [-0.2, -0.15) is 0 Å². The van der Waals surface area contributed by atoms with Crippen molar-refractivity contribution in [3.05, 3.63) is 62.3 Å². The predicted octanol–water partition coefficient (Wildman–Crippen LogP) is 3.45. The Kier molecular flexibility index (Phi) is 7.99. The quantitative estimate of drug-likeness (QED) is 0.286. The molecule has 0 fully saturated rings. The molecule has 1 aliphatic heterocycles. The number of pyridine rings is 1. The highest BCUT2D eigenvalue weighted by Crippen LogP contribution is 2.34. The van der Waals surface area contributed by atoms with E-state index in [1.807, 2.05) is 29.6 Å². The standard InChI is InChI=1S/C26H30N6O5S/c1-3-6-21(25-28-29-30-32(25)16-24(33)35-4-2)31(15-19-7-5-10-38-19)14-18-11-17-12-22-23(37-9-8-36-22)13-20(17)27-26(18)34/h5,7,10-13,21H,3-4,6,8-9,14-16H2,1-2H3,(H,27,34)/t21-/m0/s1. The number of thiophene rings is 1. The molecule has 0 saturated carbocycles. The van der Waals surface area contributed by atoms with E-state index in [0.717, 1.165) is 23.1 Å². The minimum atomic E-state index is -0.401. The van der Waals surface area contributed by atoms with Crippen molar-refractivity contribution in [3.8, 4) is 11.5 Å². The van der Waals surface area contributed by atoms with Crippen molar-refractivity contribution in [1.29, 1.82) is 0 Å². The van der Waals surface area contributed by atoms with E-state index in [9.17, 15) is 9.59 Å². The number of rotatable bonds is 11. The Morgan fingerprint density at radius 3 is 2.76 bits per heavy atom. The normalized spacial score (nSPS) is 13.7. The fraction of sp³-hybridized carbons (Fsp3) is 0.423. The van der Waals surface area contributed by atoms with Crippen molar-refractivity contribution >= 4 is 28.2 Å². The average Bonchev–Trinajstić information content (AvgIpc) is 3.59. The van der Waals surface area contributed by atoms with Crippen molar-refractivity contribution in [2.75, 3.05) is 19.8 Å². The van der Waals surface area contributed by atoms with Gasteiger partial charge in [-0.1, -0.05) is 19.4 Å². The third-order valence-corrected chi connectivity index (χ3v) is 7.20. The summed E-state index contributed by atoms with van der Waals surface area (Å²) >= 11 is 1.65. The number of carbonyl (C=O) groups is 1. The van der Waals surface area contributed by atoms with Crippen molar-refractivity contribution in [2.45, 2.75) is 52.4 Å². The zero-order chi connectivity index (χ0) is 26.5. The Morgan fingerprint density at radius 1 is 1.21 bits per heavy atom. The zero-order valence-corrected chi connectivity index (χ0v) is 22.2. The number of aromatic amines is 1. The number of esters is 1. The van der Waals surface area contributed by atoms with Crippen molar-refractivity contribution < 1.29 is 19.0 Å². The molecule has 1 aliphatic rings. The summed E-state index contributed by atoms with van der Waals surface area (Å²) in [5.41, 5.74) is 1.12.